The third-order valence-corrected chi connectivity index (χ3v) is 13.4. The Hall–Kier alpha value is -4.64. The number of amides is 3. The molecule has 0 spiro atoms. The van der Waals surface area contributed by atoms with Crippen LogP contribution in [0.3, 0.4) is 0 Å². The van der Waals surface area contributed by atoms with Crippen LogP contribution in [0, 0.1) is 5.92 Å². The molecule has 3 saturated heterocycles. The maximum absolute atomic E-state index is 13.2. The van der Waals surface area contributed by atoms with E-state index in [1.165, 1.54) is 11.8 Å². The van der Waals surface area contributed by atoms with E-state index in [1.807, 2.05) is 36.7 Å². The van der Waals surface area contributed by atoms with E-state index >= 15 is 0 Å². The Balaban J connectivity index is 0.929. The molecule has 14 nitrogen and oxygen atoms in total. The fraction of sp³-hybridized carbons (Fsp3) is 0.500. The average Bonchev–Trinajstić information content (AvgIpc) is 3.79. The molecule has 0 bridgehead atoms. The molecule has 0 unspecified atom stereocenters. The SMILES string of the molecule is C/C=C(/SC=NC)c1ccc(CNC(=O)[C@@H]2CCCN2)c(OCCCC2CCN(C(=O)CC(=O)Nc3cccc(Sc4ncc(N5CCC(C)(N)CC5)nc4N)c3)CC2)c1. The average molecular weight is 857 g/mol. The van der Waals surface area contributed by atoms with Crippen LogP contribution in [0.4, 0.5) is 17.3 Å². The van der Waals surface area contributed by atoms with Gasteiger partial charge in [-0.1, -0.05) is 47.8 Å². The van der Waals surface area contributed by atoms with Crippen molar-refractivity contribution in [3.8, 4) is 5.75 Å². The van der Waals surface area contributed by atoms with Crippen molar-refractivity contribution in [3.05, 3.63) is 65.9 Å². The summed E-state index contributed by atoms with van der Waals surface area (Å²) in [5.41, 5.74) is 16.8. The van der Waals surface area contributed by atoms with E-state index in [9.17, 15) is 14.4 Å². The van der Waals surface area contributed by atoms with Crippen LogP contribution in [0.5, 0.6) is 5.75 Å². The molecule has 1 aromatic heterocycles. The Morgan fingerprint density at radius 2 is 1.90 bits per heavy atom. The summed E-state index contributed by atoms with van der Waals surface area (Å²) in [6.45, 7) is 8.76. The van der Waals surface area contributed by atoms with Crippen LogP contribution in [0.15, 0.2) is 69.7 Å². The topological polar surface area (TPSA) is 193 Å². The molecular weight excluding hydrogens is 797 g/mol. The van der Waals surface area contributed by atoms with E-state index in [-0.39, 0.29) is 35.7 Å². The molecule has 2 aromatic carbocycles. The van der Waals surface area contributed by atoms with Crippen molar-refractivity contribution in [1.29, 1.82) is 0 Å². The van der Waals surface area contributed by atoms with Crippen molar-refractivity contribution in [3.63, 3.8) is 0 Å². The van der Waals surface area contributed by atoms with Crippen LogP contribution in [-0.2, 0) is 20.9 Å². The van der Waals surface area contributed by atoms with Gasteiger partial charge >= 0.3 is 0 Å². The molecule has 60 heavy (non-hydrogen) atoms. The third kappa shape index (κ3) is 12.9. The van der Waals surface area contributed by atoms with E-state index in [2.05, 4.69) is 60.9 Å². The monoisotopic (exact) mass is 856 g/mol. The molecule has 0 radical (unpaired) electrons. The number of carbonyl (C=O) groups excluding carboxylic acids is 3. The van der Waals surface area contributed by atoms with Gasteiger partial charge in [0.05, 0.1) is 24.4 Å². The first-order chi connectivity index (χ1) is 29.0. The summed E-state index contributed by atoms with van der Waals surface area (Å²) in [6.07, 6.45) is 10.8. The van der Waals surface area contributed by atoms with Gasteiger partial charge in [0.1, 0.15) is 23.0 Å². The molecule has 0 aliphatic carbocycles. The lowest BCUT2D eigenvalue weighted by molar-refractivity contribution is -0.135. The normalized spacial score (nSPS) is 18.5. The molecule has 4 heterocycles. The quantitative estimate of drug-likeness (QED) is 0.0456. The zero-order valence-electron chi connectivity index (χ0n) is 35.1. The highest BCUT2D eigenvalue weighted by molar-refractivity contribution is 8.20. The second-order valence-electron chi connectivity index (χ2n) is 16.1. The van der Waals surface area contributed by atoms with Gasteiger partial charge in [0, 0.05) is 66.4 Å². The van der Waals surface area contributed by atoms with Crippen LogP contribution in [-0.4, -0.2) is 96.1 Å². The van der Waals surface area contributed by atoms with Crippen molar-refractivity contribution in [2.75, 3.05) is 62.3 Å². The zero-order valence-corrected chi connectivity index (χ0v) is 36.7. The fourth-order valence-corrected chi connectivity index (χ4v) is 9.13. The van der Waals surface area contributed by atoms with E-state index < -0.39 is 0 Å². The summed E-state index contributed by atoms with van der Waals surface area (Å²) in [5, 5.41) is 9.82. The minimum absolute atomic E-state index is 0.0195. The van der Waals surface area contributed by atoms with E-state index in [0.29, 0.717) is 48.7 Å². The summed E-state index contributed by atoms with van der Waals surface area (Å²) in [4.78, 5) is 58.1. The number of piperidine rings is 2. The summed E-state index contributed by atoms with van der Waals surface area (Å²) in [6, 6.07) is 13.4. The molecular formula is C44H60N10O4S2. The number of allylic oxidation sites excluding steroid dienone is 1. The second kappa shape index (κ2) is 21.7. The Morgan fingerprint density at radius 3 is 2.62 bits per heavy atom. The predicted octanol–water partition coefficient (Wildman–Crippen LogP) is 6.07. The van der Waals surface area contributed by atoms with E-state index in [0.717, 1.165) is 103 Å². The maximum atomic E-state index is 13.2. The van der Waals surface area contributed by atoms with Crippen molar-refractivity contribution in [2.24, 2.45) is 16.6 Å². The van der Waals surface area contributed by atoms with Gasteiger partial charge in [0.15, 0.2) is 5.82 Å². The van der Waals surface area contributed by atoms with Gasteiger partial charge in [-0.05, 0) is 108 Å². The van der Waals surface area contributed by atoms with Crippen LogP contribution in [0.2, 0.25) is 0 Å². The number of ether oxygens (including phenoxy) is 1. The second-order valence-corrected chi connectivity index (χ2v) is 18.0. The number of thioether (sulfide) groups is 1. The Bertz CT molecular complexity index is 2000. The number of hydrogen-bond donors (Lipinski definition) is 5. The minimum Gasteiger partial charge on any atom is -0.493 e. The van der Waals surface area contributed by atoms with Crippen LogP contribution >= 0.6 is 23.5 Å². The zero-order chi connectivity index (χ0) is 42.5. The highest BCUT2D eigenvalue weighted by atomic mass is 32.2. The first-order valence-corrected chi connectivity index (χ1v) is 22.7. The number of nitrogens with one attached hydrogen (secondary N) is 3. The van der Waals surface area contributed by atoms with E-state index in [4.69, 9.17) is 16.2 Å². The maximum Gasteiger partial charge on any atom is 0.237 e. The number of carbonyl (C=O) groups is 3. The standard InChI is InChI=1S/C44H60N10O4S2/c1-4-37(59-29-47-3)31-12-13-32(27-49-42(57)35-11-6-18-48-35)36(24-31)58-23-7-8-30-14-19-54(20-15-30)40(56)26-39(55)51-33-9-5-10-34(25-33)60-43-41(45)52-38(28-50-43)53-21-16-44(2,46)17-22-53/h4-5,9-10,12-13,24-25,28-30,35,48H,6-8,11,14-23,26-27,46H2,1-3H3,(H2,45,52)(H,49,57)(H,51,55)/b37-4+,47-29?/t35-/m0/s1. The summed E-state index contributed by atoms with van der Waals surface area (Å²) < 4.78 is 6.39. The smallest absolute Gasteiger partial charge is 0.237 e. The number of likely N-dealkylation sites (tertiary alicyclic amines) is 1. The number of nitrogens with zero attached hydrogens (tertiary/aromatic N) is 5. The number of hydrogen-bond acceptors (Lipinski definition) is 13. The number of nitrogen functional groups attached to an aromatic ring is 1. The van der Waals surface area contributed by atoms with Gasteiger partial charge in [0.25, 0.3) is 0 Å². The molecule has 3 amide bonds. The van der Waals surface area contributed by atoms with E-state index in [1.54, 1.807) is 36.0 Å². The van der Waals surface area contributed by atoms with Crippen LogP contribution in [0.1, 0.15) is 82.8 Å². The fourth-order valence-electron chi connectivity index (χ4n) is 7.70. The van der Waals surface area contributed by atoms with Crippen LogP contribution in [0.25, 0.3) is 4.91 Å². The Morgan fingerprint density at radius 1 is 1.10 bits per heavy atom. The predicted molar refractivity (Wildman–Crippen MR) is 243 cm³/mol. The number of aliphatic imine (C=N–C) groups is 1. The van der Waals surface area contributed by atoms with Gasteiger partial charge in [-0.15, -0.1) is 0 Å². The molecule has 3 aliphatic rings. The van der Waals surface area contributed by atoms with Crippen molar-refractivity contribution in [1.82, 2.24) is 25.5 Å². The minimum atomic E-state index is -0.350. The molecule has 322 valence electrons. The Kier molecular flexibility index (Phi) is 16.3. The summed E-state index contributed by atoms with van der Waals surface area (Å²) in [5.74, 6) is 1.83. The number of aromatic nitrogens is 2. The van der Waals surface area contributed by atoms with Gasteiger partial charge < -0.3 is 42.0 Å². The van der Waals surface area contributed by atoms with Crippen molar-refractivity contribution >= 4 is 69.0 Å². The molecule has 7 N–H and O–H groups in total. The Labute approximate surface area is 362 Å². The molecule has 3 aromatic rings. The largest absolute Gasteiger partial charge is 0.493 e. The highest BCUT2D eigenvalue weighted by Gasteiger charge is 2.28. The van der Waals surface area contributed by atoms with Crippen molar-refractivity contribution < 1.29 is 19.1 Å². The first-order valence-electron chi connectivity index (χ1n) is 21.0. The van der Waals surface area contributed by atoms with Crippen molar-refractivity contribution in [2.45, 2.75) is 99.7 Å². The highest BCUT2D eigenvalue weighted by Crippen LogP contribution is 2.34. The lowest BCUT2D eigenvalue weighted by atomic mass is 9.91. The van der Waals surface area contributed by atoms with Gasteiger partial charge in [0.2, 0.25) is 17.7 Å². The molecule has 0 saturated carbocycles. The van der Waals surface area contributed by atoms with Gasteiger partial charge in [-0.2, -0.15) is 0 Å². The number of rotatable bonds is 17. The number of anilines is 3. The molecule has 1 atom stereocenters. The third-order valence-electron chi connectivity index (χ3n) is 11.3. The van der Waals surface area contributed by atoms with Crippen LogP contribution < -0.4 is 37.1 Å². The number of benzene rings is 2. The first kappa shape index (κ1) is 44.9. The molecule has 6 rings (SSSR count). The summed E-state index contributed by atoms with van der Waals surface area (Å²) in [7, 11) is 1.75. The van der Waals surface area contributed by atoms with Gasteiger partial charge in [-0.25, -0.2) is 9.97 Å². The van der Waals surface area contributed by atoms with Gasteiger partial charge in [-0.3, -0.25) is 19.4 Å². The molecule has 3 aliphatic heterocycles. The lowest BCUT2D eigenvalue weighted by Gasteiger charge is -2.37. The lowest BCUT2D eigenvalue weighted by Crippen LogP contribution is -2.48. The summed E-state index contributed by atoms with van der Waals surface area (Å²) >= 11 is 2.93. The molecule has 16 heteroatoms. The number of nitrogens with two attached hydrogens (primary N) is 2. The molecule has 3 fully saturated rings.